The van der Waals surface area contributed by atoms with E-state index in [4.69, 9.17) is 0 Å². The van der Waals surface area contributed by atoms with E-state index in [9.17, 15) is 0 Å². The van der Waals surface area contributed by atoms with Crippen LogP contribution in [0.1, 0.15) is 20.3 Å². The largest absolute Gasteiger partial charge is 0.297 e. The number of hydrogen-bond donors (Lipinski definition) is 0. The summed E-state index contributed by atoms with van der Waals surface area (Å²) in [6, 6.07) is 0. The second-order valence-electron chi connectivity index (χ2n) is 2.00. The highest BCUT2D eigenvalue weighted by molar-refractivity contribution is 5.72. The standard InChI is InChI=1S/C9H15N/c1-4-6-9(5-2)7-8-10-3/h4,6-8H,5H2,1-3H3/b6-4-,9-7+,10-8+. The van der Waals surface area contributed by atoms with Crippen LogP contribution in [-0.4, -0.2) is 13.3 Å². The molecule has 0 aliphatic carbocycles. The van der Waals surface area contributed by atoms with Crippen molar-refractivity contribution in [2.75, 3.05) is 7.05 Å². The quantitative estimate of drug-likeness (QED) is 0.419. The Hall–Kier alpha value is -0.850. The van der Waals surface area contributed by atoms with E-state index in [1.807, 2.05) is 25.3 Å². The molecule has 0 radical (unpaired) electrons. The van der Waals surface area contributed by atoms with Gasteiger partial charge in [0.2, 0.25) is 0 Å². The van der Waals surface area contributed by atoms with Gasteiger partial charge in [0.1, 0.15) is 0 Å². The van der Waals surface area contributed by atoms with Gasteiger partial charge in [-0.3, -0.25) is 4.99 Å². The molecular formula is C9H15N. The van der Waals surface area contributed by atoms with Crippen molar-refractivity contribution in [1.29, 1.82) is 0 Å². The van der Waals surface area contributed by atoms with Crippen molar-refractivity contribution in [3.05, 3.63) is 23.8 Å². The lowest BCUT2D eigenvalue weighted by Crippen LogP contribution is -1.74. The molecule has 1 heteroatoms. The zero-order valence-corrected chi connectivity index (χ0v) is 6.96. The molecular weight excluding hydrogens is 122 g/mol. The molecule has 0 aromatic carbocycles. The average Bonchev–Trinajstić information content (AvgIpc) is 1.98. The van der Waals surface area contributed by atoms with Crippen molar-refractivity contribution in [2.24, 2.45) is 4.99 Å². The van der Waals surface area contributed by atoms with Crippen molar-refractivity contribution >= 4 is 6.21 Å². The Labute approximate surface area is 63.2 Å². The SMILES string of the molecule is C\C=C/C(=C/C=N/C)CC. The molecule has 0 aromatic heterocycles. The van der Waals surface area contributed by atoms with E-state index < -0.39 is 0 Å². The van der Waals surface area contributed by atoms with Crippen LogP contribution < -0.4 is 0 Å². The summed E-state index contributed by atoms with van der Waals surface area (Å²) >= 11 is 0. The highest BCUT2D eigenvalue weighted by Gasteiger charge is 1.81. The smallest absolute Gasteiger partial charge is 0.0277 e. The van der Waals surface area contributed by atoms with Gasteiger partial charge in [0.15, 0.2) is 0 Å². The van der Waals surface area contributed by atoms with E-state index in [2.05, 4.69) is 18.0 Å². The minimum atomic E-state index is 1.07. The first-order chi connectivity index (χ1) is 4.85. The predicted molar refractivity (Wildman–Crippen MR) is 47.6 cm³/mol. The fourth-order valence-corrected chi connectivity index (χ4v) is 0.676. The van der Waals surface area contributed by atoms with Crippen LogP contribution in [0.3, 0.4) is 0 Å². The molecule has 0 rings (SSSR count). The van der Waals surface area contributed by atoms with Gasteiger partial charge in [-0.05, 0) is 25.0 Å². The number of nitrogens with zero attached hydrogens (tertiary/aromatic N) is 1. The van der Waals surface area contributed by atoms with Crippen LogP contribution >= 0.6 is 0 Å². The molecule has 56 valence electrons. The summed E-state index contributed by atoms with van der Waals surface area (Å²) < 4.78 is 0. The summed E-state index contributed by atoms with van der Waals surface area (Å²) in [7, 11) is 1.78. The van der Waals surface area contributed by atoms with E-state index in [1.165, 1.54) is 5.57 Å². The first-order valence-corrected chi connectivity index (χ1v) is 3.59. The van der Waals surface area contributed by atoms with Gasteiger partial charge in [0.05, 0.1) is 0 Å². The van der Waals surface area contributed by atoms with Crippen LogP contribution in [0.25, 0.3) is 0 Å². The summed E-state index contributed by atoms with van der Waals surface area (Å²) in [6.07, 6.45) is 9.05. The molecule has 0 spiro atoms. The maximum atomic E-state index is 3.87. The van der Waals surface area contributed by atoms with Gasteiger partial charge >= 0.3 is 0 Å². The molecule has 0 saturated carbocycles. The Morgan fingerprint density at radius 1 is 1.50 bits per heavy atom. The highest BCUT2D eigenvalue weighted by atomic mass is 14.6. The topological polar surface area (TPSA) is 12.4 Å². The van der Waals surface area contributed by atoms with Crippen molar-refractivity contribution in [1.82, 2.24) is 0 Å². The predicted octanol–water partition coefficient (Wildman–Crippen LogP) is 2.60. The van der Waals surface area contributed by atoms with E-state index in [0.717, 1.165) is 6.42 Å². The summed E-state index contributed by atoms with van der Waals surface area (Å²) in [6.45, 7) is 4.15. The zero-order chi connectivity index (χ0) is 7.82. The third-order valence-electron chi connectivity index (χ3n) is 1.23. The molecule has 0 N–H and O–H groups in total. The number of rotatable bonds is 3. The van der Waals surface area contributed by atoms with Crippen LogP contribution in [-0.2, 0) is 0 Å². The van der Waals surface area contributed by atoms with E-state index in [1.54, 1.807) is 7.05 Å². The van der Waals surface area contributed by atoms with Gasteiger partial charge in [-0.1, -0.05) is 19.1 Å². The van der Waals surface area contributed by atoms with Gasteiger partial charge in [-0.25, -0.2) is 0 Å². The molecule has 0 bridgehead atoms. The first-order valence-electron chi connectivity index (χ1n) is 3.59. The molecule has 1 nitrogen and oxygen atoms in total. The Morgan fingerprint density at radius 2 is 2.20 bits per heavy atom. The number of allylic oxidation sites excluding steroid dienone is 4. The molecule has 0 atom stereocenters. The minimum absolute atomic E-state index is 1.07. The second kappa shape index (κ2) is 6.27. The van der Waals surface area contributed by atoms with Crippen molar-refractivity contribution < 1.29 is 0 Å². The maximum Gasteiger partial charge on any atom is 0.0277 e. The molecule has 0 heterocycles. The molecule has 0 amide bonds. The van der Waals surface area contributed by atoms with Crippen molar-refractivity contribution in [3.8, 4) is 0 Å². The Balaban J connectivity index is 4.04. The molecule has 10 heavy (non-hydrogen) atoms. The fourth-order valence-electron chi connectivity index (χ4n) is 0.676. The maximum absolute atomic E-state index is 3.87. The van der Waals surface area contributed by atoms with Crippen LogP contribution in [0.15, 0.2) is 28.8 Å². The number of aliphatic imine (C=N–C) groups is 1. The zero-order valence-electron chi connectivity index (χ0n) is 6.96. The third-order valence-corrected chi connectivity index (χ3v) is 1.23. The summed E-state index contributed by atoms with van der Waals surface area (Å²) in [4.78, 5) is 3.87. The van der Waals surface area contributed by atoms with Crippen LogP contribution in [0.2, 0.25) is 0 Å². The third kappa shape index (κ3) is 4.07. The van der Waals surface area contributed by atoms with E-state index >= 15 is 0 Å². The lowest BCUT2D eigenvalue weighted by molar-refractivity contribution is 1.15. The summed E-state index contributed by atoms with van der Waals surface area (Å²) in [5.41, 5.74) is 1.31. The normalized spacial score (nSPS) is 13.7. The van der Waals surface area contributed by atoms with Gasteiger partial charge in [-0.15, -0.1) is 0 Å². The highest BCUT2D eigenvalue weighted by Crippen LogP contribution is 2.00. The molecule has 0 aromatic rings. The molecule has 0 saturated heterocycles. The van der Waals surface area contributed by atoms with Crippen LogP contribution in [0, 0.1) is 0 Å². The first kappa shape index (κ1) is 9.15. The number of hydrogen-bond acceptors (Lipinski definition) is 1. The fraction of sp³-hybridized carbons (Fsp3) is 0.444. The Kier molecular flexibility index (Phi) is 5.74. The van der Waals surface area contributed by atoms with Gasteiger partial charge in [0, 0.05) is 13.3 Å². The molecule has 0 aliphatic heterocycles. The Bertz CT molecular complexity index is 152. The lowest BCUT2D eigenvalue weighted by atomic mass is 10.2. The minimum Gasteiger partial charge on any atom is -0.297 e. The van der Waals surface area contributed by atoms with E-state index in [-0.39, 0.29) is 0 Å². The average molecular weight is 137 g/mol. The summed E-state index contributed by atoms with van der Waals surface area (Å²) in [5, 5.41) is 0. The van der Waals surface area contributed by atoms with Crippen molar-refractivity contribution in [2.45, 2.75) is 20.3 Å². The van der Waals surface area contributed by atoms with E-state index in [0.29, 0.717) is 0 Å². The van der Waals surface area contributed by atoms with Gasteiger partial charge in [-0.2, -0.15) is 0 Å². The Morgan fingerprint density at radius 3 is 2.60 bits per heavy atom. The van der Waals surface area contributed by atoms with Gasteiger partial charge in [0.25, 0.3) is 0 Å². The molecule has 0 unspecified atom stereocenters. The lowest BCUT2D eigenvalue weighted by Gasteiger charge is -1.91. The van der Waals surface area contributed by atoms with Crippen molar-refractivity contribution in [3.63, 3.8) is 0 Å². The summed E-state index contributed by atoms with van der Waals surface area (Å²) in [5.74, 6) is 0. The molecule has 0 aliphatic rings. The second-order valence-corrected chi connectivity index (χ2v) is 2.00. The molecule has 0 fully saturated rings. The van der Waals surface area contributed by atoms with Crippen LogP contribution in [0.5, 0.6) is 0 Å². The van der Waals surface area contributed by atoms with Crippen LogP contribution in [0.4, 0.5) is 0 Å². The van der Waals surface area contributed by atoms with Gasteiger partial charge < -0.3 is 0 Å². The monoisotopic (exact) mass is 137 g/mol.